The predicted octanol–water partition coefficient (Wildman–Crippen LogP) is 2.69. The van der Waals surface area contributed by atoms with Crippen molar-refractivity contribution in [3.63, 3.8) is 0 Å². The van der Waals surface area contributed by atoms with Crippen LogP contribution in [0.1, 0.15) is 11.1 Å². The van der Waals surface area contributed by atoms with Gasteiger partial charge in [0, 0.05) is 5.56 Å². The summed E-state index contributed by atoms with van der Waals surface area (Å²) in [6.07, 6.45) is 4.92. The number of fused-ring (bicyclic) bond motifs is 1. The molecule has 2 aromatic rings. The zero-order valence-corrected chi connectivity index (χ0v) is 14.5. The van der Waals surface area contributed by atoms with Crippen LogP contribution in [0.15, 0.2) is 46.1 Å². The minimum atomic E-state index is -0.213. The number of nitrogens with one attached hydrogen (secondary N) is 1. The first-order chi connectivity index (χ1) is 12.1. The minimum absolute atomic E-state index is 0.00217. The normalized spacial score (nSPS) is 18.3. The maximum absolute atomic E-state index is 12.3. The summed E-state index contributed by atoms with van der Waals surface area (Å²) in [5.41, 5.74) is 2.34. The van der Waals surface area contributed by atoms with Gasteiger partial charge in [-0.3, -0.25) is 9.59 Å². The number of anilines is 1. The Labute approximate surface area is 152 Å². The highest BCUT2D eigenvalue weighted by Gasteiger charge is 2.27. The standard InChI is InChI=1S/C17H12N2O4S2/c20-15-9-23-13-2-1-10(6-14-16(21)18-17(24)25-14)5-12(13)19(15)7-11-3-4-22-8-11/h1-6,8H,7,9H2,(H,18,21,24)/b14-6+. The molecule has 25 heavy (non-hydrogen) atoms. The number of furan rings is 1. The fraction of sp³-hybridized carbons (Fsp3) is 0.118. The first kappa shape index (κ1) is 15.9. The molecule has 1 N–H and O–H groups in total. The van der Waals surface area contributed by atoms with E-state index < -0.39 is 0 Å². The Bertz CT molecular complexity index is 905. The number of hydrogen-bond acceptors (Lipinski definition) is 6. The molecule has 3 heterocycles. The molecule has 0 spiro atoms. The molecular weight excluding hydrogens is 360 g/mol. The molecule has 2 aliphatic rings. The average molecular weight is 372 g/mol. The quantitative estimate of drug-likeness (QED) is 0.660. The van der Waals surface area contributed by atoms with Crippen LogP contribution in [0.3, 0.4) is 0 Å². The van der Waals surface area contributed by atoms with Gasteiger partial charge in [-0.1, -0.05) is 30.0 Å². The van der Waals surface area contributed by atoms with Crippen molar-refractivity contribution >= 4 is 51.9 Å². The van der Waals surface area contributed by atoms with Gasteiger partial charge in [0.1, 0.15) is 10.1 Å². The van der Waals surface area contributed by atoms with E-state index in [4.69, 9.17) is 21.4 Å². The van der Waals surface area contributed by atoms with Crippen LogP contribution < -0.4 is 15.0 Å². The van der Waals surface area contributed by atoms with E-state index in [1.807, 2.05) is 18.2 Å². The summed E-state index contributed by atoms with van der Waals surface area (Å²) >= 11 is 6.21. The molecule has 0 bridgehead atoms. The Balaban J connectivity index is 1.69. The van der Waals surface area contributed by atoms with Crippen molar-refractivity contribution in [1.29, 1.82) is 0 Å². The van der Waals surface area contributed by atoms with Crippen LogP contribution in [0.4, 0.5) is 5.69 Å². The molecule has 6 nitrogen and oxygen atoms in total. The Hall–Kier alpha value is -2.58. The summed E-state index contributed by atoms with van der Waals surface area (Å²) in [5, 5.41) is 2.58. The van der Waals surface area contributed by atoms with Crippen LogP contribution in [0.2, 0.25) is 0 Å². The van der Waals surface area contributed by atoms with Crippen molar-refractivity contribution < 1.29 is 18.7 Å². The first-order valence-corrected chi connectivity index (χ1v) is 8.66. The van der Waals surface area contributed by atoms with Gasteiger partial charge in [0.15, 0.2) is 6.61 Å². The lowest BCUT2D eigenvalue weighted by atomic mass is 10.1. The van der Waals surface area contributed by atoms with Gasteiger partial charge >= 0.3 is 0 Å². The van der Waals surface area contributed by atoms with E-state index in [1.54, 1.807) is 29.6 Å². The van der Waals surface area contributed by atoms with E-state index in [2.05, 4.69) is 5.32 Å². The number of carbonyl (C=O) groups excluding carboxylic acids is 2. The molecule has 126 valence electrons. The molecule has 4 rings (SSSR count). The predicted molar refractivity (Wildman–Crippen MR) is 98.1 cm³/mol. The van der Waals surface area contributed by atoms with Gasteiger partial charge in [-0.05, 0) is 29.8 Å². The summed E-state index contributed by atoms with van der Waals surface area (Å²) < 4.78 is 11.0. The van der Waals surface area contributed by atoms with Crippen molar-refractivity contribution in [3.05, 3.63) is 52.8 Å². The SMILES string of the molecule is O=C1NC(=S)S/C1=C/c1ccc2c(c1)N(Cc1ccoc1)C(=O)CO2. The number of carbonyl (C=O) groups is 2. The zero-order chi connectivity index (χ0) is 17.4. The minimum Gasteiger partial charge on any atom is -0.482 e. The molecule has 0 atom stereocenters. The number of thiocarbonyl (C=S) groups is 1. The van der Waals surface area contributed by atoms with E-state index >= 15 is 0 Å². The number of thioether (sulfide) groups is 1. The van der Waals surface area contributed by atoms with Crippen LogP contribution >= 0.6 is 24.0 Å². The largest absolute Gasteiger partial charge is 0.482 e. The summed E-state index contributed by atoms with van der Waals surface area (Å²) in [6, 6.07) is 7.28. The van der Waals surface area contributed by atoms with Gasteiger partial charge in [-0.25, -0.2) is 0 Å². The molecule has 0 saturated carbocycles. The number of ether oxygens (including phenoxy) is 1. The summed E-state index contributed by atoms with van der Waals surface area (Å²) in [6.45, 7) is 0.392. The second-order valence-electron chi connectivity index (χ2n) is 5.48. The molecular formula is C17H12N2O4S2. The van der Waals surface area contributed by atoms with E-state index in [0.29, 0.717) is 27.2 Å². The third kappa shape index (κ3) is 3.18. The van der Waals surface area contributed by atoms with E-state index in [0.717, 1.165) is 11.1 Å². The number of hydrogen-bond donors (Lipinski definition) is 1. The highest BCUT2D eigenvalue weighted by atomic mass is 32.2. The molecule has 0 aliphatic carbocycles. The number of amides is 2. The zero-order valence-electron chi connectivity index (χ0n) is 12.9. The second-order valence-corrected chi connectivity index (χ2v) is 7.20. The number of nitrogens with zero attached hydrogens (tertiary/aromatic N) is 1. The smallest absolute Gasteiger partial charge is 0.265 e. The van der Waals surface area contributed by atoms with Crippen LogP contribution in [-0.4, -0.2) is 22.7 Å². The van der Waals surface area contributed by atoms with Gasteiger partial charge < -0.3 is 19.4 Å². The maximum Gasteiger partial charge on any atom is 0.265 e. The second kappa shape index (κ2) is 6.38. The van der Waals surface area contributed by atoms with Crippen LogP contribution in [0, 0.1) is 0 Å². The van der Waals surface area contributed by atoms with Gasteiger partial charge in [-0.15, -0.1) is 0 Å². The Morgan fingerprint density at radius 3 is 2.92 bits per heavy atom. The lowest BCUT2D eigenvalue weighted by Gasteiger charge is -2.29. The van der Waals surface area contributed by atoms with Crippen molar-refractivity contribution in [3.8, 4) is 5.75 Å². The summed E-state index contributed by atoms with van der Waals surface area (Å²) in [5.74, 6) is 0.284. The average Bonchev–Trinajstić information content (AvgIpc) is 3.20. The van der Waals surface area contributed by atoms with Crippen LogP contribution in [-0.2, 0) is 16.1 Å². The number of benzene rings is 1. The lowest BCUT2D eigenvalue weighted by Crippen LogP contribution is -2.38. The topological polar surface area (TPSA) is 71.8 Å². The lowest BCUT2D eigenvalue weighted by molar-refractivity contribution is -0.121. The van der Waals surface area contributed by atoms with Crippen molar-refractivity contribution in [1.82, 2.24) is 5.32 Å². The molecule has 1 aromatic heterocycles. The van der Waals surface area contributed by atoms with Crippen LogP contribution in [0.25, 0.3) is 6.08 Å². The molecule has 2 amide bonds. The molecule has 0 radical (unpaired) electrons. The fourth-order valence-electron chi connectivity index (χ4n) is 2.62. The van der Waals surface area contributed by atoms with Crippen molar-refractivity contribution in [2.24, 2.45) is 0 Å². The Kier molecular flexibility index (Phi) is 4.06. The van der Waals surface area contributed by atoms with Crippen molar-refractivity contribution in [2.45, 2.75) is 6.54 Å². The van der Waals surface area contributed by atoms with Gasteiger partial charge in [0.05, 0.1) is 29.7 Å². The summed E-state index contributed by atoms with van der Waals surface area (Å²) in [4.78, 5) is 26.3. The molecule has 1 fully saturated rings. The molecule has 8 heteroatoms. The molecule has 1 aromatic carbocycles. The number of rotatable bonds is 3. The Morgan fingerprint density at radius 1 is 1.32 bits per heavy atom. The van der Waals surface area contributed by atoms with Crippen LogP contribution in [0.5, 0.6) is 5.75 Å². The molecule has 0 unspecified atom stereocenters. The van der Waals surface area contributed by atoms with Gasteiger partial charge in [0.25, 0.3) is 11.8 Å². The van der Waals surface area contributed by atoms with E-state index in [-0.39, 0.29) is 18.4 Å². The van der Waals surface area contributed by atoms with Gasteiger partial charge in [0.2, 0.25) is 0 Å². The third-order valence-corrected chi connectivity index (χ3v) is 4.95. The van der Waals surface area contributed by atoms with Gasteiger partial charge in [-0.2, -0.15) is 0 Å². The maximum atomic E-state index is 12.3. The monoisotopic (exact) mass is 372 g/mol. The molecule has 1 saturated heterocycles. The third-order valence-electron chi connectivity index (χ3n) is 3.79. The van der Waals surface area contributed by atoms with Crippen molar-refractivity contribution in [2.75, 3.05) is 11.5 Å². The summed E-state index contributed by atoms with van der Waals surface area (Å²) in [7, 11) is 0. The van der Waals surface area contributed by atoms with E-state index in [9.17, 15) is 9.59 Å². The van der Waals surface area contributed by atoms with E-state index in [1.165, 1.54) is 11.8 Å². The Morgan fingerprint density at radius 2 is 2.20 bits per heavy atom. The first-order valence-electron chi connectivity index (χ1n) is 7.43. The molecule has 2 aliphatic heterocycles. The fourth-order valence-corrected chi connectivity index (χ4v) is 3.66. The highest BCUT2D eigenvalue weighted by Crippen LogP contribution is 2.35. The highest BCUT2D eigenvalue weighted by molar-refractivity contribution is 8.26.